The first-order valence-corrected chi connectivity index (χ1v) is 12.5. The van der Waals surface area contributed by atoms with Gasteiger partial charge in [0.15, 0.2) is 0 Å². The Balaban J connectivity index is 1.51. The lowest BCUT2D eigenvalue weighted by atomic mass is 9.77. The summed E-state index contributed by atoms with van der Waals surface area (Å²) in [7, 11) is 0. The number of rotatable bonds is 3. The normalized spacial score (nSPS) is 23.3. The zero-order valence-corrected chi connectivity index (χ0v) is 21.8. The van der Waals surface area contributed by atoms with Crippen LogP contribution in [0.25, 0.3) is 10.9 Å². The molecule has 4 rings (SSSR count). The lowest BCUT2D eigenvalue weighted by molar-refractivity contribution is -0.164. The van der Waals surface area contributed by atoms with Gasteiger partial charge in [-0.3, -0.25) is 9.59 Å². The van der Waals surface area contributed by atoms with Crippen molar-refractivity contribution in [2.24, 2.45) is 5.41 Å². The third-order valence-electron chi connectivity index (χ3n) is 6.99. The lowest BCUT2D eigenvalue weighted by Gasteiger charge is -2.60. The van der Waals surface area contributed by atoms with Crippen LogP contribution in [0.1, 0.15) is 71.8 Å². The van der Waals surface area contributed by atoms with Gasteiger partial charge in [-0.05, 0) is 58.1 Å². The van der Waals surface area contributed by atoms with Gasteiger partial charge in [-0.25, -0.2) is 4.79 Å². The topological polar surface area (TPSA) is 94.7 Å². The van der Waals surface area contributed by atoms with Crippen molar-refractivity contribution < 1.29 is 19.1 Å². The molecule has 3 amide bonds. The Kier molecular flexibility index (Phi) is 6.36. The Hall–Kier alpha value is -3.03. The Morgan fingerprint density at radius 3 is 2.43 bits per heavy atom. The molecule has 0 saturated carbocycles. The monoisotopic (exact) mass is 482 g/mol. The minimum Gasteiger partial charge on any atom is -0.444 e. The van der Waals surface area contributed by atoms with Gasteiger partial charge in [0.1, 0.15) is 17.3 Å². The van der Waals surface area contributed by atoms with Crippen molar-refractivity contribution in [1.29, 1.82) is 0 Å². The van der Waals surface area contributed by atoms with Crippen molar-refractivity contribution in [3.05, 3.63) is 36.0 Å². The van der Waals surface area contributed by atoms with E-state index in [1.165, 1.54) is 0 Å². The third kappa shape index (κ3) is 4.88. The van der Waals surface area contributed by atoms with Crippen LogP contribution in [0.3, 0.4) is 0 Å². The fourth-order valence-electron chi connectivity index (χ4n) is 5.35. The molecule has 2 N–H and O–H groups in total. The number of fused-ring (bicyclic) bond motifs is 2. The largest absolute Gasteiger partial charge is 0.444 e. The van der Waals surface area contributed by atoms with E-state index in [0.717, 1.165) is 23.7 Å². The van der Waals surface area contributed by atoms with Crippen LogP contribution in [-0.4, -0.2) is 69.0 Å². The third-order valence-corrected chi connectivity index (χ3v) is 6.99. The molecular formula is C27H38N4O4. The van der Waals surface area contributed by atoms with Crippen LogP contribution in [0.2, 0.25) is 0 Å². The molecule has 0 spiro atoms. The van der Waals surface area contributed by atoms with E-state index in [9.17, 15) is 14.4 Å². The van der Waals surface area contributed by atoms with E-state index in [4.69, 9.17) is 4.74 Å². The number of para-hydroxylation sites is 1. The number of hydrogen-bond acceptors (Lipinski definition) is 4. The highest BCUT2D eigenvalue weighted by molar-refractivity contribution is 6.00. The first-order chi connectivity index (χ1) is 16.3. The van der Waals surface area contributed by atoms with E-state index in [1.54, 1.807) is 11.0 Å². The van der Waals surface area contributed by atoms with Crippen LogP contribution in [0.4, 0.5) is 4.79 Å². The maximum Gasteiger partial charge on any atom is 0.410 e. The summed E-state index contributed by atoms with van der Waals surface area (Å²) in [5, 5.41) is 3.94. The summed E-state index contributed by atoms with van der Waals surface area (Å²) in [6, 6.07) is 8.48. The molecule has 2 aliphatic rings. The first kappa shape index (κ1) is 25.1. The number of H-pyrrole nitrogens is 1. The van der Waals surface area contributed by atoms with Crippen molar-refractivity contribution >= 4 is 28.8 Å². The summed E-state index contributed by atoms with van der Waals surface area (Å²) in [5.74, 6) is -0.417. The Bertz CT molecular complexity index is 1090. The summed E-state index contributed by atoms with van der Waals surface area (Å²) in [4.78, 5) is 46.6. The minimum absolute atomic E-state index is 0.0754. The van der Waals surface area contributed by atoms with Gasteiger partial charge >= 0.3 is 6.09 Å². The molecule has 8 nitrogen and oxygen atoms in total. The van der Waals surface area contributed by atoms with Crippen molar-refractivity contribution in [2.75, 3.05) is 6.54 Å². The molecule has 1 aromatic carbocycles. The van der Waals surface area contributed by atoms with Crippen LogP contribution >= 0.6 is 0 Å². The summed E-state index contributed by atoms with van der Waals surface area (Å²) in [5.41, 5.74) is 0.233. The molecule has 0 bridgehead atoms. The Morgan fingerprint density at radius 2 is 1.80 bits per heavy atom. The van der Waals surface area contributed by atoms with E-state index in [1.807, 2.05) is 77.6 Å². The highest BCUT2D eigenvalue weighted by atomic mass is 16.6. The second-order valence-electron chi connectivity index (χ2n) is 11.9. The smallest absolute Gasteiger partial charge is 0.410 e. The minimum atomic E-state index is -0.707. The molecule has 2 fully saturated rings. The number of hydrogen-bond donors (Lipinski definition) is 2. The van der Waals surface area contributed by atoms with Gasteiger partial charge in [-0.1, -0.05) is 39.0 Å². The molecule has 8 heteroatoms. The number of amides is 3. The number of nitrogens with zero attached hydrogens (tertiary/aromatic N) is 2. The molecule has 2 aliphatic heterocycles. The molecule has 2 aromatic rings. The molecule has 2 saturated heterocycles. The predicted octanol–water partition coefficient (Wildman–Crippen LogP) is 4.31. The number of piperidine rings is 1. The highest BCUT2D eigenvalue weighted by Gasteiger charge is 2.56. The standard InChI is InChI=1S/C27H38N4O4/c1-16-21-20(13-10-14-30(21)25(34)35-27(5,6)7)31(16)24(33)22(26(2,3)4)29-23(32)19-15-17-11-8-9-12-18(17)28-19/h8-9,11-12,15-16,20-22,28H,10,13-14H2,1-7H3,(H,29,32)/t16-,20?,21?,22+/m0/s1. The fourth-order valence-corrected chi connectivity index (χ4v) is 5.35. The van der Waals surface area contributed by atoms with Crippen LogP contribution in [0.15, 0.2) is 30.3 Å². The maximum atomic E-state index is 13.8. The van der Waals surface area contributed by atoms with Gasteiger partial charge < -0.3 is 24.8 Å². The van der Waals surface area contributed by atoms with Crippen LogP contribution in [-0.2, 0) is 9.53 Å². The fraction of sp³-hybridized carbons (Fsp3) is 0.593. The van der Waals surface area contributed by atoms with Gasteiger partial charge in [-0.2, -0.15) is 0 Å². The predicted molar refractivity (Wildman–Crippen MR) is 135 cm³/mol. The van der Waals surface area contributed by atoms with Gasteiger partial charge in [0.05, 0.1) is 18.1 Å². The molecule has 0 aliphatic carbocycles. The molecule has 2 unspecified atom stereocenters. The summed E-state index contributed by atoms with van der Waals surface area (Å²) in [6.45, 7) is 14.0. The number of likely N-dealkylation sites (tertiary alicyclic amines) is 2. The molecular weight excluding hydrogens is 444 g/mol. The quantitative estimate of drug-likeness (QED) is 0.682. The second kappa shape index (κ2) is 8.88. The van der Waals surface area contributed by atoms with E-state index < -0.39 is 17.1 Å². The lowest BCUT2D eigenvalue weighted by Crippen LogP contribution is -2.78. The van der Waals surface area contributed by atoms with E-state index in [2.05, 4.69) is 10.3 Å². The van der Waals surface area contributed by atoms with Gasteiger partial charge in [0, 0.05) is 17.4 Å². The zero-order valence-electron chi connectivity index (χ0n) is 21.8. The van der Waals surface area contributed by atoms with Gasteiger partial charge in [0.2, 0.25) is 5.91 Å². The summed E-state index contributed by atoms with van der Waals surface area (Å²) in [6.07, 6.45) is 1.30. The van der Waals surface area contributed by atoms with Gasteiger partial charge in [0.25, 0.3) is 5.91 Å². The first-order valence-electron chi connectivity index (χ1n) is 12.5. The summed E-state index contributed by atoms with van der Waals surface area (Å²) < 4.78 is 5.63. The van der Waals surface area contributed by atoms with E-state index in [0.29, 0.717) is 12.2 Å². The van der Waals surface area contributed by atoms with Crippen molar-refractivity contribution in [3.8, 4) is 0 Å². The Morgan fingerprint density at radius 1 is 1.11 bits per heavy atom. The molecule has 4 atom stereocenters. The molecule has 0 radical (unpaired) electrons. The van der Waals surface area contributed by atoms with Crippen LogP contribution < -0.4 is 5.32 Å². The second-order valence-corrected chi connectivity index (χ2v) is 11.9. The number of aromatic nitrogens is 1. The summed E-state index contributed by atoms with van der Waals surface area (Å²) >= 11 is 0. The van der Waals surface area contributed by atoms with E-state index in [-0.39, 0.29) is 36.0 Å². The number of benzene rings is 1. The number of nitrogens with one attached hydrogen (secondary N) is 2. The zero-order chi connectivity index (χ0) is 25.7. The Labute approximate surface area is 207 Å². The van der Waals surface area contributed by atoms with Crippen LogP contribution in [0.5, 0.6) is 0 Å². The molecule has 35 heavy (non-hydrogen) atoms. The molecule has 190 valence electrons. The van der Waals surface area contributed by atoms with Crippen molar-refractivity contribution in [1.82, 2.24) is 20.1 Å². The number of carbonyl (C=O) groups excluding carboxylic acids is 3. The van der Waals surface area contributed by atoms with Crippen molar-refractivity contribution in [2.45, 2.75) is 91.1 Å². The number of carbonyl (C=O) groups is 3. The van der Waals surface area contributed by atoms with E-state index >= 15 is 0 Å². The van der Waals surface area contributed by atoms with Crippen LogP contribution in [0, 0.1) is 5.41 Å². The molecule has 3 heterocycles. The van der Waals surface area contributed by atoms with Crippen molar-refractivity contribution in [3.63, 3.8) is 0 Å². The van der Waals surface area contributed by atoms with Gasteiger partial charge in [-0.15, -0.1) is 0 Å². The molecule has 1 aromatic heterocycles. The highest BCUT2D eigenvalue weighted by Crippen LogP contribution is 2.39. The maximum absolute atomic E-state index is 13.8. The average molecular weight is 483 g/mol. The SMILES string of the molecule is C[C@H]1C2C(CCCN2C(=O)OC(C)(C)C)N1C(=O)[C@@H](NC(=O)c1cc2ccccc2[nH]1)C(C)(C)C. The number of ether oxygens (including phenoxy) is 1. The number of aromatic amines is 1. The average Bonchev–Trinajstić information content (AvgIpc) is 3.19.